The van der Waals surface area contributed by atoms with Crippen LogP contribution in [0.4, 0.5) is 19.1 Å². The molecule has 4 rings (SSSR count). The number of carbonyl (C=O) groups excluding carboxylic acids is 1. The molecule has 0 radical (unpaired) electrons. The molecular weight excluding hydrogens is 411 g/mol. The molecule has 1 atom stereocenters. The summed E-state index contributed by atoms with van der Waals surface area (Å²) in [4.78, 5) is 28.5. The van der Waals surface area contributed by atoms with Gasteiger partial charge in [-0.1, -0.05) is 0 Å². The highest BCUT2D eigenvalue weighted by Gasteiger charge is 2.32. The minimum absolute atomic E-state index is 0.0777. The molecule has 4 heterocycles. The van der Waals surface area contributed by atoms with Crippen molar-refractivity contribution in [3.8, 4) is 0 Å². The molecule has 0 spiro atoms. The van der Waals surface area contributed by atoms with Crippen molar-refractivity contribution in [1.29, 1.82) is 0 Å². The summed E-state index contributed by atoms with van der Waals surface area (Å²) in [5, 5.41) is 0.814. The zero-order valence-corrected chi connectivity index (χ0v) is 16.9. The van der Waals surface area contributed by atoms with Crippen LogP contribution in [0.3, 0.4) is 0 Å². The minimum atomic E-state index is -4.47. The molecule has 164 valence electrons. The SMILES string of the molecule is C[C@H](N)Cn1cc(C(=O)N2CCN(c3ncc(C(F)(F)F)cn3)CC2)c2ccncc21. The molecule has 1 aliphatic heterocycles. The molecule has 31 heavy (non-hydrogen) atoms. The number of carbonyl (C=O) groups is 1. The van der Waals surface area contributed by atoms with E-state index in [4.69, 9.17) is 5.73 Å². The second-order valence-electron chi connectivity index (χ2n) is 7.61. The highest BCUT2D eigenvalue weighted by molar-refractivity contribution is 6.06. The van der Waals surface area contributed by atoms with E-state index in [0.29, 0.717) is 38.3 Å². The van der Waals surface area contributed by atoms with Crippen molar-refractivity contribution >= 4 is 22.8 Å². The number of anilines is 1. The van der Waals surface area contributed by atoms with Gasteiger partial charge in [0.1, 0.15) is 0 Å². The maximum atomic E-state index is 13.2. The Hall–Kier alpha value is -3.21. The van der Waals surface area contributed by atoms with E-state index in [0.717, 1.165) is 23.3 Å². The van der Waals surface area contributed by atoms with E-state index in [-0.39, 0.29) is 17.9 Å². The molecule has 0 aliphatic carbocycles. The second kappa shape index (κ2) is 8.14. The fourth-order valence-corrected chi connectivity index (χ4v) is 3.68. The summed E-state index contributed by atoms with van der Waals surface area (Å²) < 4.78 is 40.0. The summed E-state index contributed by atoms with van der Waals surface area (Å²) in [6, 6.07) is 1.73. The van der Waals surface area contributed by atoms with Gasteiger partial charge in [-0.15, -0.1) is 0 Å². The lowest BCUT2D eigenvalue weighted by atomic mass is 10.1. The van der Waals surface area contributed by atoms with Crippen LogP contribution in [0.1, 0.15) is 22.8 Å². The van der Waals surface area contributed by atoms with Crippen molar-refractivity contribution in [1.82, 2.24) is 24.4 Å². The van der Waals surface area contributed by atoms with E-state index in [9.17, 15) is 18.0 Å². The first-order valence-corrected chi connectivity index (χ1v) is 9.86. The Morgan fingerprint density at radius 3 is 2.45 bits per heavy atom. The Labute approximate surface area is 176 Å². The van der Waals surface area contributed by atoms with E-state index < -0.39 is 11.7 Å². The van der Waals surface area contributed by atoms with Crippen LogP contribution in [0.15, 0.2) is 37.1 Å². The normalized spacial score (nSPS) is 16.0. The van der Waals surface area contributed by atoms with Gasteiger partial charge in [-0.3, -0.25) is 9.78 Å². The number of fused-ring (bicyclic) bond motifs is 1. The Morgan fingerprint density at radius 1 is 1.16 bits per heavy atom. The number of hydrogen-bond donors (Lipinski definition) is 1. The predicted octanol–water partition coefficient (Wildman–Crippen LogP) is 2.15. The zero-order chi connectivity index (χ0) is 22.2. The van der Waals surface area contributed by atoms with Crippen molar-refractivity contribution < 1.29 is 18.0 Å². The summed E-state index contributed by atoms with van der Waals surface area (Å²) >= 11 is 0. The largest absolute Gasteiger partial charge is 0.419 e. The summed E-state index contributed by atoms with van der Waals surface area (Å²) in [5.74, 6) is 0.118. The van der Waals surface area contributed by atoms with Gasteiger partial charge in [0.25, 0.3) is 5.91 Å². The molecule has 0 saturated carbocycles. The topological polar surface area (TPSA) is 93.2 Å². The highest BCUT2D eigenvalue weighted by atomic mass is 19.4. The molecule has 3 aromatic heterocycles. The van der Waals surface area contributed by atoms with Crippen molar-refractivity contribution in [2.45, 2.75) is 25.7 Å². The Bertz CT molecular complexity index is 1070. The maximum Gasteiger partial charge on any atom is 0.419 e. The number of aromatic nitrogens is 4. The average molecular weight is 433 g/mol. The molecule has 1 fully saturated rings. The van der Waals surface area contributed by atoms with Crippen LogP contribution in [-0.4, -0.2) is 62.5 Å². The number of nitrogens with zero attached hydrogens (tertiary/aromatic N) is 6. The summed E-state index contributed by atoms with van der Waals surface area (Å²) in [5.41, 5.74) is 6.47. The van der Waals surface area contributed by atoms with Gasteiger partial charge in [0.15, 0.2) is 0 Å². The van der Waals surface area contributed by atoms with Gasteiger partial charge in [0.05, 0.1) is 22.8 Å². The lowest BCUT2D eigenvalue weighted by molar-refractivity contribution is -0.138. The van der Waals surface area contributed by atoms with Crippen LogP contribution in [0.25, 0.3) is 10.9 Å². The highest BCUT2D eigenvalue weighted by Crippen LogP contribution is 2.28. The fraction of sp³-hybridized carbons (Fsp3) is 0.400. The maximum absolute atomic E-state index is 13.2. The number of nitrogens with two attached hydrogens (primary N) is 1. The van der Waals surface area contributed by atoms with Crippen LogP contribution >= 0.6 is 0 Å². The molecule has 1 amide bonds. The molecule has 2 N–H and O–H groups in total. The molecule has 8 nitrogen and oxygen atoms in total. The number of piperazine rings is 1. The summed E-state index contributed by atoms with van der Waals surface area (Å²) in [6.07, 6.45) is 2.26. The molecule has 11 heteroatoms. The molecule has 1 saturated heterocycles. The van der Waals surface area contributed by atoms with Crippen molar-refractivity contribution in [3.63, 3.8) is 0 Å². The number of rotatable bonds is 4. The van der Waals surface area contributed by atoms with Crippen molar-refractivity contribution in [2.24, 2.45) is 5.73 Å². The van der Waals surface area contributed by atoms with Crippen LogP contribution in [0, 0.1) is 0 Å². The van der Waals surface area contributed by atoms with Crippen LogP contribution in [-0.2, 0) is 12.7 Å². The Morgan fingerprint density at radius 2 is 1.84 bits per heavy atom. The standard InChI is InChI=1S/C20H22F3N7O/c1-13(24)11-30-12-16(15-2-3-25-10-17(15)30)18(31)28-4-6-29(7-5-28)19-26-8-14(9-27-19)20(21,22)23/h2-3,8-10,12-13H,4-7,11,24H2,1H3/t13-/m0/s1. The monoisotopic (exact) mass is 433 g/mol. The first-order valence-electron chi connectivity index (χ1n) is 9.86. The molecule has 1 aliphatic rings. The summed E-state index contributed by atoms with van der Waals surface area (Å²) in [7, 11) is 0. The fourth-order valence-electron chi connectivity index (χ4n) is 3.68. The number of alkyl halides is 3. The van der Waals surface area contributed by atoms with E-state index in [2.05, 4.69) is 15.0 Å². The summed E-state index contributed by atoms with van der Waals surface area (Å²) in [6.45, 7) is 4.14. The third kappa shape index (κ3) is 4.31. The molecular formula is C20H22F3N7O. The lowest BCUT2D eigenvalue weighted by Crippen LogP contribution is -2.49. The van der Waals surface area contributed by atoms with Gasteiger partial charge < -0.3 is 20.1 Å². The van der Waals surface area contributed by atoms with E-state index in [1.807, 2.05) is 23.8 Å². The average Bonchev–Trinajstić information content (AvgIpc) is 3.11. The smallest absolute Gasteiger partial charge is 0.344 e. The number of pyridine rings is 1. The Balaban J connectivity index is 1.47. The van der Waals surface area contributed by atoms with Gasteiger partial charge in [-0.25, -0.2) is 9.97 Å². The predicted molar refractivity (Wildman–Crippen MR) is 109 cm³/mol. The lowest BCUT2D eigenvalue weighted by Gasteiger charge is -2.34. The van der Waals surface area contributed by atoms with E-state index in [1.54, 1.807) is 22.2 Å². The van der Waals surface area contributed by atoms with E-state index in [1.165, 1.54) is 0 Å². The minimum Gasteiger partial charge on any atom is -0.344 e. The van der Waals surface area contributed by atoms with Crippen LogP contribution < -0.4 is 10.6 Å². The molecule has 0 unspecified atom stereocenters. The number of amides is 1. The number of halogens is 3. The quantitative estimate of drug-likeness (QED) is 0.678. The third-order valence-corrected chi connectivity index (χ3v) is 5.21. The van der Waals surface area contributed by atoms with Gasteiger partial charge in [-0.05, 0) is 13.0 Å². The van der Waals surface area contributed by atoms with Gasteiger partial charge in [-0.2, -0.15) is 13.2 Å². The second-order valence-corrected chi connectivity index (χ2v) is 7.61. The van der Waals surface area contributed by atoms with Crippen LogP contribution in [0.5, 0.6) is 0 Å². The van der Waals surface area contributed by atoms with Gasteiger partial charge in [0.2, 0.25) is 5.95 Å². The molecule has 0 aromatic carbocycles. The third-order valence-electron chi connectivity index (χ3n) is 5.21. The molecule has 0 bridgehead atoms. The van der Waals surface area contributed by atoms with Crippen molar-refractivity contribution in [2.75, 3.05) is 31.1 Å². The first kappa shape index (κ1) is 21.0. The van der Waals surface area contributed by atoms with E-state index >= 15 is 0 Å². The molecule has 3 aromatic rings. The first-order chi connectivity index (χ1) is 14.7. The van der Waals surface area contributed by atoms with Crippen LogP contribution in [0.2, 0.25) is 0 Å². The number of hydrogen-bond acceptors (Lipinski definition) is 6. The Kier molecular flexibility index (Phi) is 5.52. The van der Waals surface area contributed by atoms with Crippen molar-refractivity contribution in [3.05, 3.63) is 48.2 Å². The van der Waals surface area contributed by atoms with Gasteiger partial charge >= 0.3 is 6.18 Å². The zero-order valence-electron chi connectivity index (χ0n) is 16.9. The van der Waals surface area contributed by atoms with Gasteiger partial charge in [0, 0.05) is 68.9 Å².